The highest BCUT2D eigenvalue weighted by molar-refractivity contribution is 5.80. The van der Waals surface area contributed by atoms with Crippen molar-refractivity contribution in [3.63, 3.8) is 0 Å². The van der Waals surface area contributed by atoms with E-state index >= 15 is 0 Å². The molecule has 5 rings (SSSR count). The molecular weight excluding hydrogens is 480 g/mol. The zero-order valence-electron chi connectivity index (χ0n) is 21.2. The number of ether oxygens (including phenoxy) is 1. The molecule has 192 valence electrons. The predicted molar refractivity (Wildman–Crippen MR) is 148 cm³/mol. The number of aromatic hydroxyl groups is 1. The number of anilines is 2. The van der Waals surface area contributed by atoms with Crippen LogP contribution in [0.3, 0.4) is 0 Å². The Kier molecular flexibility index (Phi) is 7.17. The quantitative estimate of drug-likeness (QED) is 0.185. The molecule has 3 aromatic carbocycles. The topological polar surface area (TPSA) is 129 Å². The normalized spacial score (nSPS) is 10.9. The van der Waals surface area contributed by atoms with Gasteiger partial charge in [-0.3, -0.25) is 4.98 Å². The second kappa shape index (κ2) is 11.0. The van der Waals surface area contributed by atoms with Crippen molar-refractivity contribution in [2.45, 2.75) is 26.7 Å². The lowest BCUT2D eigenvalue weighted by molar-refractivity contribution is 0.307. The second-order valence-electron chi connectivity index (χ2n) is 8.80. The number of para-hydroxylation sites is 1. The highest BCUT2D eigenvalue weighted by Gasteiger charge is 2.16. The molecule has 2 heterocycles. The van der Waals surface area contributed by atoms with Gasteiger partial charge in [0.1, 0.15) is 23.1 Å². The summed E-state index contributed by atoms with van der Waals surface area (Å²) in [6.07, 6.45) is 1.93. The van der Waals surface area contributed by atoms with Gasteiger partial charge in [-0.15, -0.1) is 0 Å². The Morgan fingerprint density at radius 2 is 1.68 bits per heavy atom. The van der Waals surface area contributed by atoms with Gasteiger partial charge in [0.2, 0.25) is 5.95 Å². The van der Waals surface area contributed by atoms with Gasteiger partial charge in [-0.1, -0.05) is 61.9 Å². The van der Waals surface area contributed by atoms with Crippen LogP contribution in [0, 0.1) is 6.92 Å². The molecule has 4 N–H and O–H groups in total. The maximum atomic E-state index is 12.4. The highest BCUT2D eigenvalue weighted by Crippen LogP contribution is 2.33. The lowest BCUT2D eigenvalue weighted by Gasteiger charge is -2.12. The molecule has 0 radical (unpaired) electrons. The van der Waals surface area contributed by atoms with Gasteiger partial charge in [-0.2, -0.15) is 9.97 Å². The summed E-state index contributed by atoms with van der Waals surface area (Å²) in [7, 11) is 0. The van der Waals surface area contributed by atoms with Crippen LogP contribution in [0.25, 0.3) is 34.0 Å². The number of aryl methyl sites for hydroxylation is 1. The van der Waals surface area contributed by atoms with E-state index in [2.05, 4.69) is 32.2 Å². The van der Waals surface area contributed by atoms with E-state index in [0.29, 0.717) is 23.6 Å². The molecule has 0 saturated heterocycles. The van der Waals surface area contributed by atoms with Gasteiger partial charge in [0.25, 0.3) is 0 Å². The third-order valence-electron chi connectivity index (χ3n) is 6.00. The molecule has 0 aliphatic rings. The van der Waals surface area contributed by atoms with Crippen LogP contribution in [0.15, 0.2) is 77.6 Å². The molecule has 0 spiro atoms. The number of unbranched alkanes of at least 4 members (excludes halogenated alkanes) is 1. The molecule has 0 fully saturated rings. The SMILES string of the molecule is CCCCOc1ccc(-c2nc(Nc3ccccc3-c3nc(-c4ccccc4)[nH]c3C)nc(=O)[nH]2)c(O)c1. The van der Waals surface area contributed by atoms with Crippen LogP contribution >= 0.6 is 0 Å². The van der Waals surface area contributed by atoms with Crippen molar-refractivity contribution < 1.29 is 9.84 Å². The lowest BCUT2D eigenvalue weighted by atomic mass is 10.1. The molecule has 0 aliphatic heterocycles. The Hall–Kier alpha value is -4.92. The molecule has 0 saturated carbocycles. The van der Waals surface area contributed by atoms with Gasteiger partial charge < -0.3 is 20.1 Å². The molecule has 0 aliphatic carbocycles. The molecular formula is C29H28N6O3. The van der Waals surface area contributed by atoms with Crippen LogP contribution in [-0.4, -0.2) is 36.6 Å². The van der Waals surface area contributed by atoms with Crippen molar-refractivity contribution in [1.82, 2.24) is 24.9 Å². The van der Waals surface area contributed by atoms with Crippen molar-refractivity contribution >= 4 is 11.6 Å². The number of phenols is 1. The summed E-state index contributed by atoms with van der Waals surface area (Å²) in [4.78, 5) is 31.7. The van der Waals surface area contributed by atoms with E-state index in [-0.39, 0.29) is 17.5 Å². The summed E-state index contributed by atoms with van der Waals surface area (Å²) in [5.74, 6) is 1.54. The number of benzene rings is 3. The van der Waals surface area contributed by atoms with Crippen LogP contribution in [0.4, 0.5) is 11.6 Å². The number of aromatic nitrogens is 5. The van der Waals surface area contributed by atoms with E-state index in [9.17, 15) is 9.90 Å². The number of aromatic amines is 2. The van der Waals surface area contributed by atoms with Gasteiger partial charge in [-0.05, 0) is 31.5 Å². The minimum absolute atomic E-state index is 0.0553. The maximum Gasteiger partial charge on any atom is 0.349 e. The Morgan fingerprint density at radius 1 is 0.895 bits per heavy atom. The molecule has 5 aromatic rings. The van der Waals surface area contributed by atoms with Gasteiger partial charge in [0.15, 0.2) is 0 Å². The first-order chi connectivity index (χ1) is 18.5. The minimum Gasteiger partial charge on any atom is -0.507 e. The summed E-state index contributed by atoms with van der Waals surface area (Å²) >= 11 is 0. The van der Waals surface area contributed by atoms with E-state index in [1.807, 2.05) is 61.5 Å². The number of nitrogens with one attached hydrogen (secondary N) is 3. The number of H-pyrrole nitrogens is 2. The lowest BCUT2D eigenvalue weighted by Crippen LogP contribution is -2.15. The number of hydrogen-bond donors (Lipinski definition) is 4. The van der Waals surface area contributed by atoms with E-state index in [1.165, 1.54) is 6.07 Å². The first-order valence-electron chi connectivity index (χ1n) is 12.4. The average Bonchev–Trinajstić information content (AvgIpc) is 3.31. The van der Waals surface area contributed by atoms with Crippen LogP contribution in [-0.2, 0) is 0 Å². The van der Waals surface area contributed by atoms with Crippen LogP contribution in [0.2, 0.25) is 0 Å². The average molecular weight is 509 g/mol. The minimum atomic E-state index is -0.597. The fraction of sp³-hybridized carbons (Fsp3) is 0.172. The molecule has 2 aromatic heterocycles. The number of hydrogen-bond acceptors (Lipinski definition) is 7. The number of phenolic OH excluding ortho intramolecular Hbond substituents is 1. The van der Waals surface area contributed by atoms with E-state index < -0.39 is 5.69 Å². The summed E-state index contributed by atoms with van der Waals surface area (Å²) in [6, 6.07) is 22.4. The molecule has 38 heavy (non-hydrogen) atoms. The molecule has 9 heteroatoms. The van der Waals surface area contributed by atoms with Crippen molar-refractivity contribution in [1.29, 1.82) is 0 Å². The van der Waals surface area contributed by atoms with Crippen molar-refractivity contribution in [2.75, 3.05) is 11.9 Å². The van der Waals surface area contributed by atoms with E-state index in [4.69, 9.17) is 9.72 Å². The van der Waals surface area contributed by atoms with Gasteiger partial charge in [-0.25, -0.2) is 9.78 Å². The van der Waals surface area contributed by atoms with Crippen LogP contribution < -0.4 is 15.7 Å². The van der Waals surface area contributed by atoms with E-state index in [0.717, 1.165) is 41.2 Å². The zero-order valence-corrected chi connectivity index (χ0v) is 21.2. The second-order valence-corrected chi connectivity index (χ2v) is 8.80. The Morgan fingerprint density at radius 3 is 2.47 bits per heavy atom. The molecule has 0 amide bonds. The fourth-order valence-electron chi connectivity index (χ4n) is 4.08. The van der Waals surface area contributed by atoms with Crippen molar-refractivity contribution in [3.05, 3.63) is 89.0 Å². The Labute approximate surface area is 219 Å². The molecule has 0 bridgehead atoms. The Balaban J connectivity index is 1.45. The standard InChI is InChI=1S/C29H28N6O3/c1-3-4-16-38-20-14-15-22(24(36)17-20)27-33-28(35-29(37)34-27)31-23-13-9-8-12-21(23)25-18(2)30-26(32-25)19-10-6-5-7-11-19/h5-15,17,36H,3-4,16H2,1-2H3,(H,30,32)(H2,31,33,34,35,37). The predicted octanol–water partition coefficient (Wildman–Crippen LogP) is 5.83. The van der Waals surface area contributed by atoms with Crippen LogP contribution in [0.1, 0.15) is 25.5 Å². The smallest absolute Gasteiger partial charge is 0.349 e. The third-order valence-corrected chi connectivity index (χ3v) is 6.00. The largest absolute Gasteiger partial charge is 0.507 e. The first kappa shape index (κ1) is 24.8. The van der Waals surface area contributed by atoms with Crippen LogP contribution in [0.5, 0.6) is 11.5 Å². The van der Waals surface area contributed by atoms with Gasteiger partial charge in [0, 0.05) is 22.9 Å². The van der Waals surface area contributed by atoms with Crippen molar-refractivity contribution in [3.8, 4) is 45.5 Å². The first-order valence-corrected chi connectivity index (χ1v) is 12.4. The Bertz CT molecular complexity index is 1610. The molecule has 0 unspecified atom stereocenters. The number of nitrogens with zero attached hydrogens (tertiary/aromatic N) is 3. The van der Waals surface area contributed by atoms with Crippen molar-refractivity contribution in [2.24, 2.45) is 0 Å². The summed E-state index contributed by atoms with van der Waals surface area (Å²) in [5, 5.41) is 13.8. The summed E-state index contributed by atoms with van der Waals surface area (Å²) < 4.78 is 5.65. The summed E-state index contributed by atoms with van der Waals surface area (Å²) in [6.45, 7) is 4.61. The van der Waals surface area contributed by atoms with Gasteiger partial charge in [0.05, 0.1) is 23.6 Å². The highest BCUT2D eigenvalue weighted by atomic mass is 16.5. The molecule has 0 atom stereocenters. The monoisotopic (exact) mass is 508 g/mol. The summed E-state index contributed by atoms with van der Waals surface area (Å²) in [5.41, 5.74) is 3.92. The zero-order chi connectivity index (χ0) is 26.5. The third kappa shape index (κ3) is 5.41. The van der Waals surface area contributed by atoms with Gasteiger partial charge >= 0.3 is 5.69 Å². The maximum absolute atomic E-state index is 12.4. The number of rotatable bonds is 9. The molecule has 9 nitrogen and oxygen atoms in total. The van der Waals surface area contributed by atoms with E-state index in [1.54, 1.807) is 12.1 Å². The fourth-order valence-corrected chi connectivity index (χ4v) is 4.08. The number of imidazole rings is 1.